The number of hydrogen-bond donors (Lipinski definition) is 0. The second kappa shape index (κ2) is 7.01. The van der Waals surface area contributed by atoms with Gasteiger partial charge in [0, 0.05) is 11.8 Å². The van der Waals surface area contributed by atoms with Crippen molar-refractivity contribution in [3.8, 4) is 11.1 Å². The third-order valence-corrected chi connectivity index (χ3v) is 3.80. The van der Waals surface area contributed by atoms with Gasteiger partial charge >= 0.3 is 0 Å². The first-order chi connectivity index (χ1) is 11.3. The van der Waals surface area contributed by atoms with Gasteiger partial charge in [0.25, 0.3) is 0 Å². The van der Waals surface area contributed by atoms with Gasteiger partial charge < -0.3 is 0 Å². The maximum Gasteiger partial charge on any atom is 0.0812 e. The van der Waals surface area contributed by atoms with Crippen LogP contribution in [0, 0.1) is 0 Å². The van der Waals surface area contributed by atoms with Gasteiger partial charge in [-0.1, -0.05) is 62.4 Å². The van der Waals surface area contributed by atoms with E-state index in [2.05, 4.69) is 60.2 Å². The van der Waals surface area contributed by atoms with Gasteiger partial charge in [-0.15, -0.1) is 0 Å². The molecule has 0 aliphatic rings. The highest BCUT2D eigenvalue weighted by Gasteiger charge is 2.10. The molecule has 0 fully saturated rings. The second-order valence-electron chi connectivity index (χ2n) is 5.77. The van der Waals surface area contributed by atoms with E-state index in [0.29, 0.717) is 5.92 Å². The van der Waals surface area contributed by atoms with Crippen molar-refractivity contribution < 1.29 is 0 Å². The minimum atomic E-state index is 0.471. The Morgan fingerprint density at radius 2 is 1.52 bits per heavy atom. The monoisotopic (exact) mass is 300 g/mol. The molecule has 0 bridgehead atoms. The lowest BCUT2D eigenvalue weighted by molar-refractivity contribution is 0.869. The van der Waals surface area contributed by atoms with Gasteiger partial charge in [0.05, 0.1) is 17.6 Å². The van der Waals surface area contributed by atoms with Gasteiger partial charge in [0.15, 0.2) is 0 Å². The summed E-state index contributed by atoms with van der Waals surface area (Å²) in [4.78, 5) is 8.96. The Labute approximate surface area is 137 Å². The molecule has 0 N–H and O–H groups in total. The fourth-order valence-electron chi connectivity index (χ4n) is 2.65. The molecular weight excluding hydrogens is 280 g/mol. The van der Waals surface area contributed by atoms with Crippen LogP contribution in [0.5, 0.6) is 0 Å². The van der Waals surface area contributed by atoms with E-state index in [4.69, 9.17) is 0 Å². The van der Waals surface area contributed by atoms with Crippen LogP contribution in [0.3, 0.4) is 0 Å². The smallest absolute Gasteiger partial charge is 0.0812 e. The third-order valence-electron chi connectivity index (χ3n) is 3.80. The number of aliphatic imine (C=N–C) groups is 1. The van der Waals surface area contributed by atoms with Crippen molar-refractivity contribution in [2.75, 3.05) is 0 Å². The fraction of sp³-hybridized carbons (Fsp3) is 0.143. The molecule has 3 rings (SSSR count). The van der Waals surface area contributed by atoms with Gasteiger partial charge in [-0.3, -0.25) is 9.98 Å². The van der Waals surface area contributed by atoms with Crippen LogP contribution < -0.4 is 0 Å². The van der Waals surface area contributed by atoms with E-state index in [1.807, 2.05) is 36.5 Å². The molecule has 1 heterocycles. The topological polar surface area (TPSA) is 25.2 Å². The molecule has 0 aliphatic heterocycles. The number of nitrogens with zero attached hydrogens (tertiary/aromatic N) is 2. The van der Waals surface area contributed by atoms with E-state index < -0.39 is 0 Å². The summed E-state index contributed by atoms with van der Waals surface area (Å²) in [7, 11) is 0. The van der Waals surface area contributed by atoms with E-state index in [0.717, 1.165) is 16.9 Å². The predicted molar refractivity (Wildman–Crippen MR) is 97.5 cm³/mol. The fourth-order valence-corrected chi connectivity index (χ4v) is 2.65. The molecule has 0 amide bonds. The Kier molecular flexibility index (Phi) is 4.62. The van der Waals surface area contributed by atoms with Crippen LogP contribution in [-0.2, 0) is 0 Å². The highest BCUT2D eigenvalue weighted by atomic mass is 14.8. The van der Waals surface area contributed by atoms with Crippen molar-refractivity contribution in [1.29, 1.82) is 0 Å². The van der Waals surface area contributed by atoms with E-state index in [-0.39, 0.29) is 0 Å². The molecule has 2 nitrogen and oxygen atoms in total. The van der Waals surface area contributed by atoms with Crippen molar-refractivity contribution in [1.82, 2.24) is 4.98 Å². The summed E-state index contributed by atoms with van der Waals surface area (Å²) in [6, 6.07) is 22.6. The number of para-hydroxylation sites is 1. The number of benzene rings is 2. The Bertz CT molecular complexity index is 805. The van der Waals surface area contributed by atoms with Crippen LogP contribution in [0.25, 0.3) is 11.1 Å². The number of pyridine rings is 1. The molecule has 114 valence electrons. The van der Waals surface area contributed by atoms with Crippen LogP contribution in [0.4, 0.5) is 5.69 Å². The SMILES string of the molecule is CC(C)c1ccccc1-c1ccccc1N=Cc1ccccn1. The standard InChI is InChI=1S/C21H20N2/c1-16(2)18-10-3-4-11-19(18)20-12-5-6-13-21(20)23-15-17-9-7-8-14-22-17/h3-16H,1-2H3. The molecular formula is C21H20N2. The zero-order chi connectivity index (χ0) is 16.1. The minimum Gasteiger partial charge on any atom is -0.255 e. The summed E-state index contributed by atoms with van der Waals surface area (Å²) in [5.41, 5.74) is 5.57. The van der Waals surface area contributed by atoms with Crippen molar-refractivity contribution in [2.24, 2.45) is 4.99 Å². The average molecular weight is 300 g/mol. The van der Waals surface area contributed by atoms with Gasteiger partial charge in [0.2, 0.25) is 0 Å². The van der Waals surface area contributed by atoms with Crippen LogP contribution in [0.2, 0.25) is 0 Å². The summed E-state index contributed by atoms with van der Waals surface area (Å²) < 4.78 is 0. The highest BCUT2D eigenvalue weighted by molar-refractivity contribution is 5.85. The maximum atomic E-state index is 4.67. The molecule has 0 aliphatic carbocycles. The van der Waals surface area contributed by atoms with Crippen LogP contribution >= 0.6 is 0 Å². The van der Waals surface area contributed by atoms with Gasteiger partial charge in [0.1, 0.15) is 0 Å². The van der Waals surface area contributed by atoms with Crippen molar-refractivity contribution in [3.63, 3.8) is 0 Å². The number of rotatable bonds is 4. The van der Waals surface area contributed by atoms with Gasteiger partial charge in [-0.05, 0) is 35.2 Å². The second-order valence-corrected chi connectivity index (χ2v) is 5.77. The van der Waals surface area contributed by atoms with Crippen molar-refractivity contribution in [3.05, 3.63) is 84.2 Å². The molecule has 1 aromatic heterocycles. The quantitative estimate of drug-likeness (QED) is 0.574. The summed E-state index contributed by atoms with van der Waals surface area (Å²) >= 11 is 0. The molecule has 0 unspecified atom stereocenters. The van der Waals surface area contributed by atoms with E-state index >= 15 is 0 Å². The van der Waals surface area contributed by atoms with E-state index in [1.165, 1.54) is 11.1 Å². The molecule has 0 radical (unpaired) electrons. The van der Waals surface area contributed by atoms with Gasteiger partial charge in [-0.25, -0.2) is 0 Å². The lowest BCUT2D eigenvalue weighted by atomic mass is 9.92. The van der Waals surface area contributed by atoms with Crippen molar-refractivity contribution in [2.45, 2.75) is 19.8 Å². The Morgan fingerprint density at radius 1 is 0.826 bits per heavy atom. The van der Waals surface area contributed by atoms with E-state index in [9.17, 15) is 0 Å². The minimum absolute atomic E-state index is 0.471. The zero-order valence-corrected chi connectivity index (χ0v) is 13.5. The Balaban J connectivity index is 2.04. The van der Waals surface area contributed by atoms with E-state index in [1.54, 1.807) is 6.20 Å². The third kappa shape index (κ3) is 3.54. The maximum absolute atomic E-state index is 4.67. The molecule has 0 saturated heterocycles. The summed E-state index contributed by atoms with van der Waals surface area (Å²) in [5, 5.41) is 0. The largest absolute Gasteiger partial charge is 0.255 e. The summed E-state index contributed by atoms with van der Waals surface area (Å²) in [6.07, 6.45) is 3.60. The molecule has 3 aromatic rings. The first-order valence-electron chi connectivity index (χ1n) is 7.89. The van der Waals surface area contributed by atoms with Gasteiger partial charge in [-0.2, -0.15) is 0 Å². The normalized spacial score (nSPS) is 11.3. The van der Waals surface area contributed by atoms with Crippen molar-refractivity contribution >= 4 is 11.9 Å². The van der Waals surface area contributed by atoms with Crippen LogP contribution in [0.1, 0.15) is 31.0 Å². The number of hydrogen-bond acceptors (Lipinski definition) is 2. The first-order valence-corrected chi connectivity index (χ1v) is 7.89. The molecule has 2 heteroatoms. The molecule has 2 aromatic carbocycles. The lowest BCUT2D eigenvalue weighted by Crippen LogP contribution is -1.92. The molecule has 0 atom stereocenters. The summed E-state index contributed by atoms with van der Waals surface area (Å²) in [6.45, 7) is 4.44. The summed E-state index contributed by atoms with van der Waals surface area (Å²) in [5.74, 6) is 0.471. The first kappa shape index (κ1) is 15.2. The van der Waals surface area contributed by atoms with Crippen LogP contribution in [-0.4, -0.2) is 11.2 Å². The number of aromatic nitrogens is 1. The van der Waals surface area contributed by atoms with Crippen LogP contribution in [0.15, 0.2) is 77.9 Å². The molecule has 0 saturated carbocycles. The zero-order valence-electron chi connectivity index (χ0n) is 13.5. The predicted octanol–water partition coefficient (Wildman–Crippen LogP) is 5.62. The Hall–Kier alpha value is -2.74. The molecule has 23 heavy (non-hydrogen) atoms. The molecule has 0 spiro atoms. The average Bonchev–Trinajstić information content (AvgIpc) is 2.61. The highest BCUT2D eigenvalue weighted by Crippen LogP contribution is 2.35. The lowest BCUT2D eigenvalue weighted by Gasteiger charge is -2.14. The Morgan fingerprint density at radius 3 is 2.26 bits per heavy atom.